The summed E-state index contributed by atoms with van der Waals surface area (Å²) in [5, 5.41) is 16.8. The second-order valence-electron chi connectivity index (χ2n) is 5.74. The smallest absolute Gasteiger partial charge is 0.341 e. The van der Waals surface area contributed by atoms with Crippen molar-refractivity contribution in [1.82, 2.24) is 10.2 Å². The zero-order valence-electron chi connectivity index (χ0n) is 15.1. The first-order chi connectivity index (χ1) is 12.4. The van der Waals surface area contributed by atoms with Crippen LogP contribution in [-0.2, 0) is 16.0 Å². The van der Waals surface area contributed by atoms with E-state index < -0.39 is 5.97 Å². The Morgan fingerprint density at radius 1 is 1.35 bits per heavy atom. The van der Waals surface area contributed by atoms with Crippen molar-refractivity contribution in [3.63, 3.8) is 0 Å². The molecule has 0 aliphatic rings. The molecule has 7 nitrogen and oxygen atoms in total. The maximum atomic E-state index is 12.3. The first kappa shape index (κ1) is 20.7. The van der Waals surface area contributed by atoms with E-state index in [9.17, 15) is 9.59 Å². The summed E-state index contributed by atoms with van der Waals surface area (Å²) in [6.45, 7) is 6.23. The SMILES string of the molecule is CCOC(=O)c1c(CC(C)C)csc1NC(=O)CSc1nnc(NC)s1. The predicted octanol–water partition coefficient (Wildman–Crippen LogP) is 3.75. The lowest BCUT2D eigenvalue weighted by Gasteiger charge is -2.09. The number of hydrogen-bond donors (Lipinski definition) is 2. The van der Waals surface area contributed by atoms with Crippen LogP contribution in [0.15, 0.2) is 9.72 Å². The molecule has 0 aliphatic carbocycles. The molecule has 26 heavy (non-hydrogen) atoms. The molecule has 0 bridgehead atoms. The highest BCUT2D eigenvalue weighted by molar-refractivity contribution is 8.01. The monoisotopic (exact) mass is 414 g/mol. The molecule has 0 saturated carbocycles. The van der Waals surface area contributed by atoms with Crippen molar-refractivity contribution in [1.29, 1.82) is 0 Å². The van der Waals surface area contributed by atoms with E-state index in [-0.39, 0.29) is 11.7 Å². The number of nitrogens with zero attached hydrogens (tertiary/aromatic N) is 2. The maximum absolute atomic E-state index is 12.3. The number of thioether (sulfide) groups is 1. The van der Waals surface area contributed by atoms with Crippen molar-refractivity contribution >= 4 is 56.4 Å². The fourth-order valence-corrected chi connectivity index (χ4v) is 4.65. The summed E-state index contributed by atoms with van der Waals surface area (Å²) in [6, 6.07) is 0. The second-order valence-corrected chi connectivity index (χ2v) is 8.82. The number of hydrogen-bond acceptors (Lipinski definition) is 9. The van der Waals surface area contributed by atoms with Gasteiger partial charge in [0.1, 0.15) is 5.00 Å². The van der Waals surface area contributed by atoms with Gasteiger partial charge in [-0.3, -0.25) is 4.79 Å². The summed E-state index contributed by atoms with van der Waals surface area (Å²) in [6.07, 6.45) is 0.757. The van der Waals surface area contributed by atoms with Crippen LogP contribution >= 0.6 is 34.4 Å². The molecule has 0 fully saturated rings. The van der Waals surface area contributed by atoms with Crippen LogP contribution in [0.3, 0.4) is 0 Å². The lowest BCUT2D eigenvalue weighted by Crippen LogP contribution is -2.17. The summed E-state index contributed by atoms with van der Waals surface area (Å²) >= 11 is 4.04. The van der Waals surface area contributed by atoms with Crippen molar-refractivity contribution in [2.45, 2.75) is 31.5 Å². The molecule has 142 valence electrons. The van der Waals surface area contributed by atoms with Gasteiger partial charge in [0.2, 0.25) is 11.0 Å². The van der Waals surface area contributed by atoms with E-state index >= 15 is 0 Å². The molecule has 0 aliphatic heterocycles. The summed E-state index contributed by atoms with van der Waals surface area (Å²) in [5.41, 5.74) is 1.38. The van der Waals surface area contributed by atoms with Crippen molar-refractivity contribution in [2.24, 2.45) is 5.92 Å². The quantitative estimate of drug-likeness (QED) is 0.477. The number of carbonyl (C=O) groups is 2. The minimum Gasteiger partial charge on any atom is -0.462 e. The number of rotatable bonds is 9. The fourth-order valence-electron chi connectivity index (χ4n) is 2.16. The lowest BCUT2D eigenvalue weighted by molar-refractivity contribution is -0.113. The molecule has 2 aromatic rings. The van der Waals surface area contributed by atoms with Crippen LogP contribution in [0.2, 0.25) is 0 Å². The zero-order valence-corrected chi connectivity index (χ0v) is 17.6. The van der Waals surface area contributed by atoms with Crippen LogP contribution in [-0.4, -0.2) is 41.5 Å². The number of anilines is 2. The Morgan fingerprint density at radius 3 is 2.73 bits per heavy atom. The number of esters is 1. The van der Waals surface area contributed by atoms with Gasteiger partial charge in [-0.1, -0.05) is 36.9 Å². The summed E-state index contributed by atoms with van der Waals surface area (Å²) in [5.74, 6) is 0.00313. The number of carbonyl (C=O) groups excluding carboxylic acids is 2. The fraction of sp³-hybridized carbons (Fsp3) is 0.500. The zero-order chi connectivity index (χ0) is 19.1. The normalized spacial score (nSPS) is 10.8. The van der Waals surface area contributed by atoms with Gasteiger partial charge in [0.15, 0.2) is 4.34 Å². The third kappa shape index (κ3) is 5.68. The Bertz CT molecular complexity index is 758. The van der Waals surface area contributed by atoms with Crippen LogP contribution in [0.5, 0.6) is 0 Å². The third-order valence-corrected chi connectivity index (χ3v) is 6.19. The van der Waals surface area contributed by atoms with Crippen LogP contribution in [0.1, 0.15) is 36.7 Å². The standard InChI is InChI=1S/C16H22N4O3S3/c1-5-23-14(22)12-10(6-9(2)3)7-24-13(12)18-11(21)8-25-16-20-19-15(17-4)26-16/h7,9H,5-6,8H2,1-4H3,(H,17,19)(H,18,21). The minimum atomic E-state index is -0.393. The first-order valence-corrected chi connectivity index (χ1v) is 10.8. The number of ether oxygens (including phenoxy) is 1. The Kier molecular flexibility index (Phi) is 7.85. The van der Waals surface area contributed by atoms with Gasteiger partial charge in [-0.25, -0.2) is 4.79 Å². The molecule has 2 N–H and O–H groups in total. The Balaban J connectivity index is 2.05. The van der Waals surface area contributed by atoms with Gasteiger partial charge < -0.3 is 15.4 Å². The van der Waals surface area contributed by atoms with Gasteiger partial charge in [0.25, 0.3) is 0 Å². The second kappa shape index (κ2) is 9.89. The van der Waals surface area contributed by atoms with Crippen LogP contribution in [0.4, 0.5) is 10.1 Å². The molecule has 0 unspecified atom stereocenters. The van der Waals surface area contributed by atoms with Gasteiger partial charge in [0, 0.05) is 7.05 Å². The first-order valence-electron chi connectivity index (χ1n) is 8.15. The Hall–Kier alpha value is -1.65. The van der Waals surface area contributed by atoms with E-state index in [0.29, 0.717) is 32.6 Å². The van der Waals surface area contributed by atoms with E-state index in [1.807, 2.05) is 5.38 Å². The molecule has 0 spiro atoms. The van der Waals surface area contributed by atoms with Crippen LogP contribution < -0.4 is 10.6 Å². The van der Waals surface area contributed by atoms with Gasteiger partial charge in [-0.2, -0.15) is 0 Å². The number of aromatic nitrogens is 2. The predicted molar refractivity (Wildman–Crippen MR) is 108 cm³/mol. The molecule has 1 amide bonds. The topological polar surface area (TPSA) is 93.2 Å². The molecular weight excluding hydrogens is 392 g/mol. The van der Waals surface area contributed by atoms with Crippen molar-refractivity contribution in [3.8, 4) is 0 Å². The molecule has 0 aromatic carbocycles. The molecule has 0 atom stereocenters. The highest BCUT2D eigenvalue weighted by Gasteiger charge is 2.22. The number of amides is 1. The van der Waals surface area contributed by atoms with Gasteiger partial charge in [-0.15, -0.1) is 21.5 Å². The van der Waals surface area contributed by atoms with Crippen molar-refractivity contribution in [3.05, 3.63) is 16.5 Å². The minimum absolute atomic E-state index is 0.192. The van der Waals surface area contributed by atoms with E-state index in [2.05, 4.69) is 34.7 Å². The Morgan fingerprint density at radius 2 is 2.12 bits per heavy atom. The molecule has 2 heterocycles. The lowest BCUT2D eigenvalue weighted by atomic mass is 10.0. The molecule has 2 rings (SSSR count). The summed E-state index contributed by atoms with van der Waals surface area (Å²) in [4.78, 5) is 24.6. The molecule has 10 heteroatoms. The van der Waals surface area contributed by atoms with Crippen LogP contribution in [0, 0.1) is 5.92 Å². The summed E-state index contributed by atoms with van der Waals surface area (Å²) in [7, 11) is 1.77. The van der Waals surface area contributed by atoms with Gasteiger partial charge in [-0.05, 0) is 30.2 Å². The Labute approximate surface area is 164 Å². The van der Waals surface area contributed by atoms with E-state index in [0.717, 1.165) is 12.0 Å². The van der Waals surface area contributed by atoms with E-state index in [1.165, 1.54) is 34.4 Å². The number of nitrogens with one attached hydrogen (secondary N) is 2. The van der Waals surface area contributed by atoms with E-state index in [4.69, 9.17) is 4.74 Å². The van der Waals surface area contributed by atoms with Crippen molar-refractivity contribution in [2.75, 3.05) is 30.0 Å². The molecule has 2 aromatic heterocycles. The van der Waals surface area contributed by atoms with Crippen molar-refractivity contribution < 1.29 is 14.3 Å². The summed E-state index contributed by atoms with van der Waals surface area (Å²) < 4.78 is 5.87. The molecule has 0 saturated heterocycles. The average molecular weight is 415 g/mol. The molecular formula is C16H22N4O3S3. The highest BCUT2D eigenvalue weighted by atomic mass is 32.2. The van der Waals surface area contributed by atoms with Gasteiger partial charge >= 0.3 is 5.97 Å². The largest absolute Gasteiger partial charge is 0.462 e. The number of thiophene rings is 1. The highest BCUT2D eigenvalue weighted by Crippen LogP contribution is 2.31. The van der Waals surface area contributed by atoms with Gasteiger partial charge in [0.05, 0.1) is 17.9 Å². The third-order valence-electron chi connectivity index (χ3n) is 3.17. The van der Waals surface area contributed by atoms with E-state index in [1.54, 1.807) is 14.0 Å². The maximum Gasteiger partial charge on any atom is 0.341 e. The molecule has 0 radical (unpaired) electrons. The average Bonchev–Trinajstić information content (AvgIpc) is 3.19. The van der Waals surface area contributed by atoms with Crippen LogP contribution in [0.25, 0.3) is 0 Å².